The van der Waals surface area contributed by atoms with Crippen LogP contribution in [0.3, 0.4) is 0 Å². The highest BCUT2D eigenvalue weighted by Crippen LogP contribution is 2.35. The van der Waals surface area contributed by atoms with Gasteiger partial charge in [-0.25, -0.2) is 4.79 Å². The first kappa shape index (κ1) is 18.1. The maximum Gasteiger partial charge on any atom is 0.343 e. The van der Waals surface area contributed by atoms with Gasteiger partial charge in [-0.1, -0.05) is 30.3 Å². The lowest BCUT2D eigenvalue weighted by Gasteiger charge is -2.05. The number of fused-ring (bicyclic) bond motifs is 1. The number of hydrogen-bond acceptors (Lipinski definition) is 6. The van der Waals surface area contributed by atoms with Gasteiger partial charge in [0.15, 0.2) is 5.76 Å². The Morgan fingerprint density at radius 3 is 2.55 bits per heavy atom. The molecular weight excluding hydrogens is 374 g/mol. The molecule has 0 N–H and O–H groups in total. The number of allylic oxidation sites excluding steroid dienone is 1. The van der Waals surface area contributed by atoms with Crippen LogP contribution < -0.4 is 9.47 Å². The summed E-state index contributed by atoms with van der Waals surface area (Å²) in [6.45, 7) is 0. The van der Waals surface area contributed by atoms with Crippen molar-refractivity contribution in [2.24, 2.45) is 0 Å². The summed E-state index contributed by atoms with van der Waals surface area (Å²) in [5, 5.41) is 10.9. The topological polar surface area (TPSA) is 95.7 Å². The van der Waals surface area contributed by atoms with Crippen LogP contribution >= 0.6 is 0 Å². The molecule has 0 amide bonds. The van der Waals surface area contributed by atoms with Gasteiger partial charge in [0.1, 0.15) is 11.5 Å². The molecule has 0 saturated heterocycles. The van der Waals surface area contributed by atoms with Gasteiger partial charge in [-0.15, -0.1) is 0 Å². The second-order valence-corrected chi connectivity index (χ2v) is 6.21. The van der Waals surface area contributed by atoms with Crippen molar-refractivity contribution in [3.05, 3.63) is 105 Å². The minimum absolute atomic E-state index is 0.0343. The van der Waals surface area contributed by atoms with Crippen LogP contribution in [0.1, 0.15) is 26.3 Å². The van der Waals surface area contributed by atoms with E-state index < -0.39 is 10.9 Å². The van der Waals surface area contributed by atoms with Crippen LogP contribution in [0.5, 0.6) is 11.5 Å². The highest BCUT2D eigenvalue weighted by molar-refractivity contribution is 6.14. The Labute approximate surface area is 165 Å². The first-order chi connectivity index (χ1) is 14.0. The van der Waals surface area contributed by atoms with Crippen LogP contribution in [0.4, 0.5) is 5.69 Å². The second kappa shape index (κ2) is 7.40. The van der Waals surface area contributed by atoms with Crippen LogP contribution in [0.25, 0.3) is 6.08 Å². The van der Waals surface area contributed by atoms with Crippen LogP contribution in [0.2, 0.25) is 0 Å². The molecular formula is C22H13NO6. The number of nitrogens with zero attached hydrogens (tertiary/aromatic N) is 1. The van der Waals surface area contributed by atoms with Crippen LogP contribution in [0, 0.1) is 10.1 Å². The summed E-state index contributed by atoms with van der Waals surface area (Å²) in [5.41, 5.74) is 1.10. The molecule has 7 heteroatoms. The van der Waals surface area contributed by atoms with Gasteiger partial charge in [0.2, 0.25) is 5.78 Å². The van der Waals surface area contributed by atoms with E-state index in [0.29, 0.717) is 16.7 Å². The third-order valence-electron chi connectivity index (χ3n) is 4.24. The number of rotatable bonds is 4. The van der Waals surface area contributed by atoms with Gasteiger partial charge >= 0.3 is 5.97 Å². The average molecular weight is 387 g/mol. The summed E-state index contributed by atoms with van der Waals surface area (Å²) in [7, 11) is 0. The number of ether oxygens (including phenoxy) is 2. The Balaban J connectivity index is 1.56. The fraction of sp³-hybridized carbons (Fsp3) is 0. The summed E-state index contributed by atoms with van der Waals surface area (Å²) in [5.74, 6) is -0.353. The summed E-state index contributed by atoms with van der Waals surface area (Å²) in [6, 6.07) is 18.9. The fourth-order valence-electron chi connectivity index (χ4n) is 2.85. The van der Waals surface area contributed by atoms with Crippen molar-refractivity contribution in [1.82, 2.24) is 0 Å². The van der Waals surface area contributed by atoms with Gasteiger partial charge in [0.05, 0.1) is 16.1 Å². The number of non-ortho nitro benzene ring substituents is 1. The zero-order valence-electron chi connectivity index (χ0n) is 14.9. The molecule has 1 aliphatic rings. The SMILES string of the molecule is O=C(Oc1ccc2c(c1)O/C(=C\c1cccc([N+](=O)[O-])c1)C2=O)c1ccccc1. The minimum atomic E-state index is -0.526. The van der Waals surface area contributed by atoms with Crippen LogP contribution in [0.15, 0.2) is 78.6 Å². The number of nitro benzene ring substituents is 1. The molecule has 0 saturated carbocycles. The highest BCUT2D eigenvalue weighted by atomic mass is 16.6. The number of esters is 1. The van der Waals surface area contributed by atoms with E-state index >= 15 is 0 Å². The number of carbonyl (C=O) groups excluding carboxylic acids is 2. The van der Waals surface area contributed by atoms with Crippen LogP contribution in [-0.2, 0) is 0 Å². The Hall–Kier alpha value is -4.26. The summed E-state index contributed by atoms with van der Waals surface area (Å²) in [6.07, 6.45) is 1.44. The number of nitro groups is 1. The normalized spacial score (nSPS) is 13.7. The first-order valence-electron chi connectivity index (χ1n) is 8.61. The number of hydrogen-bond donors (Lipinski definition) is 0. The van der Waals surface area contributed by atoms with Crippen molar-refractivity contribution >= 4 is 23.5 Å². The quantitative estimate of drug-likeness (QED) is 0.216. The molecule has 3 aromatic carbocycles. The molecule has 142 valence electrons. The van der Waals surface area contributed by atoms with Gasteiger partial charge in [-0.05, 0) is 35.9 Å². The third kappa shape index (κ3) is 3.74. The van der Waals surface area contributed by atoms with Crippen molar-refractivity contribution < 1.29 is 24.0 Å². The molecule has 29 heavy (non-hydrogen) atoms. The molecule has 0 radical (unpaired) electrons. The largest absolute Gasteiger partial charge is 0.452 e. The number of benzene rings is 3. The van der Waals surface area contributed by atoms with E-state index in [4.69, 9.17) is 9.47 Å². The lowest BCUT2D eigenvalue weighted by molar-refractivity contribution is -0.384. The Kier molecular flexibility index (Phi) is 4.62. The van der Waals surface area contributed by atoms with Crippen molar-refractivity contribution in [2.45, 2.75) is 0 Å². The molecule has 7 nitrogen and oxygen atoms in total. The maximum atomic E-state index is 12.5. The average Bonchev–Trinajstić information content (AvgIpc) is 3.03. The zero-order valence-corrected chi connectivity index (χ0v) is 14.9. The Morgan fingerprint density at radius 1 is 1.00 bits per heavy atom. The molecule has 3 aromatic rings. The standard InChI is InChI=1S/C22H13NO6/c24-21-18-10-9-17(28-22(25)15-6-2-1-3-7-15)13-19(18)29-20(21)12-14-5-4-8-16(11-14)23(26)27/h1-13H/b20-12-. The van der Waals surface area contributed by atoms with Crippen molar-refractivity contribution in [2.75, 3.05) is 0 Å². The van der Waals surface area contributed by atoms with Crippen LogP contribution in [-0.4, -0.2) is 16.7 Å². The van der Waals surface area contributed by atoms with Crippen molar-refractivity contribution in [3.63, 3.8) is 0 Å². The van der Waals surface area contributed by atoms with E-state index in [1.54, 1.807) is 36.4 Å². The second-order valence-electron chi connectivity index (χ2n) is 6.21. The number of carbonyl (C=O) groups is 2. The molecule has 0 atom stereocenters. The maximum absolute atomic E-state index is 12.5. The van der Waals surface area contributed by atoms with E-state index in [-0.39, 0.29) is 28.7 Å². The van der Waals surface area contributed by atoms with Crippen molar-refractivity contribution in [1.29, 1.82) is 0 Å². The van der Waals surface area contributed by atoms with Gasteiger partial charge in [0.25, 0.3) is 5.69 Å². The number of ketones is 1. The first-order valence-corrected chi connectivity index (χ1v) is 8.61. The van der Waals surface area contributed by atoms with Crippen molar-refractivity contribution in [3.8, 4) is 11.5 Å². The summed E-state index contributed by atoms with van der Waals surface area (Å²) < 4.78 is 10.9. The predicted octanol–water partition coefficient (Wildman–Crippen LogP) is 4.43. The molecule has 0 bridgehead atoms. The zero-order chi connectivity index (χ0) is 20.4. The monoisotopic (exact) mass is 387 g/mol. The van der Waals surface area contributed by atoms with E-state index in [2.05, 4.69) is 0 Å². The van der Waals surface area contributed by atoms with E-state index in [1.165, 1.54) is 42.5 Å². The smallest absolute Gasteiger partial charge is 0.343 e. The summed E-state index contributed by atoms with van der Waals surface area (Å²) in [4.78, 5) is 35.1. The van der Waals surface area contributed by atoms with E-state index in [1.807, 2.05) is 0 Å². The lowest BCUT2D eigenvalue weighted by atomic mass is 10.1. The predicted molar refractivity (Wildman–Crippen MR) is 104 cm³/mol. The van der Waals surface area contributed by atoms with E-state index in [0.717, 1.165) is 0 Å². The molecule has 0 fully saturated rings. The molecule has 1 heterocycles. The minimum Gasteiger partial charge on any atom is -0.452 e. The molecule has 0 aliphatic carbocycles. The van der Waals surface area contributed by atoms with E-state index in [9.17, 15) is 19.7 Å². The van der Waals surface area contributed by atoms with Gasteiger partial charge in [-0.3, -0.25) is 14.9 Å². The van der Waals surface area contributed by atoms with Gasteiger partial charge < -0.3 is 9.47 Å². The molecule has 0 spiro atoms. The molecule has 0 aromatic heterocycles. The molecule has 1 aliphatic heterocycles. The molecule has 0 unspecified atom stereocenters. The number of Topliss-reactive ketones (excluding diaryl/α,β-unsaturated/α-hetero) is 1. The lowest BCUT2D eigenvalue weighted by Crippen LogP contribution is -2.08. The molecule has 4 rings (SSSR count). The highest BCUT2D eigenvalue weighted by Gasteiger charge is 2.28. The fourth-order valence-corrected chi connectivity index (χ4v) is 2.85. The summed E-state index contributed by atoms with van der Waals surface area (Å²) >= 11 is 0. The Bertz CT molecular complexity index is 1170. The van der Waals surface area contributed by atoms with Gasteiger partial charge in [0, 0.05) is 18.2 Å². The third-order valence-corrected chi connectivity index (χ3v) is 4.24. The Morgan fingerprint density at radius 2 is 1.79 bits per heavy atom. The van der Waals surface area contributed by atoms with Gasteiger partial charge in [-0.2, -0.15) is 0 Å².